The van der Waals surface area contributed by atoms with Crippen LogP contribution in [0.15, 0.2) is 12.2 Å². The van der Waals surface area contributed by atoms with Crippen LogP contribution < -0.4 is 0 Å². The highest BCUT2D eigenvalue weighted by atomic mass is 16.8. The van der Waals surface area contributed by atoms with E-state index in [-0.39, 0.29) is 24.2 Å². The van der Waals surface area contributed by atoms with Crippen molar-refractivity contribution in [3.63, 3.8) is 0 Å². The summed E-state index contributed by atoms with van der Waals surface area (Å²) in [5.74, 6) is -1.69. The van der Waals surface area contributed by atoms with Gasteiger partial charge >= 0.3 is 5.97 Å². The van der Waals surface area contributed by atoms with Crippen molar-refractivity contribution in [3.8, 4) is 0 Å². The van der Waals surface area contributed by atoms with Gasteiger partial charge in [-0.3, -0.25) is 4.79 Å². The molecule has 33 unspecified atom stereocenters. The number of allylic oxidation sites excluding steroid dienone is 1. The van der Waals surface area contributed by atoms with E-state index >= 15 is 0 Å². The molecule has 6 heterocycles. The highest BCUT2D eigenvalue weighted by molar-refractivity contribution is 5.77. The Morgan fingerprint density at radius 1 is 0.455 bits per heavy atom. The van der Waals surface area contributed by atoms with E-state index in [2.05, 4.69) is 13.5 Å². The fraction of sp³-hybridized carbons (Fsp3) is 0.946. The molecule has 508 valence electrons. The van der Waals surface area contributed by atoms with Gasteiger partial charge in [-0.15, -0.1) is 0 Å². The average molecular weight is 1280 g/mol. The van der Waals surface area contributed by atoms with Gasteiger partial charge in [0.2, 0.25) is 6.29 Å². The number of carbonyl (C=O) groups excluding carboxylic acids is 1. The number of ether oxygens (including phenoxy) is 11. The normalized spacial score (nSPS) is 52.9. The highest BCUT2D eigenvalue weighted by Gasteiger charge is 2.62. The van der Waals surface area contributed by atoms with Crippen LogP contribution in [0.4, 0.5) is 0 Å². The molecule has 36 atom stereocenters. The van der Waals surface area contributed by atoms with E-state index in [9.17, 15) is 107 Å². The zero-order valence-electron chi connectivity index (χ0n) is 48.8. The second-order valence-corrected chi connectivity index (χ2v) is 25.9. The van der Waals surface area contributed by atoms with E-state index in [1.165, 1.54) is 0 Å². The molecule has 0 aromatic carbocycles. The Labute approximate surface area is 505 Å². The summed E-state index contributed by atoms with van der Waals surface area (Å²) in [5.41, 5.74) is -1.06. The van der Waals surface area contributed by atoms with Gasteiger partial charge in [-0.2, -0.15) is 0 Å². The molecule has 3 aliphatic carbocycles. The molecule has 32 heteroatoms. The van der Waals surface area contributed by atoms with Crippen LogP contribution in [0.3, 0.4) is 0 Å². The molecule has 9 rings (SSSR count). The molecule has 9 fully saturated rings. The van der Waals surface area contributed by atoms with Gasteiger partial charge < -0.3 is 154 Å². The van der Waals surface area contributed by atoms with Crippen LogP contribution in [0.2, 0.25) is 0 Å². The molecule has 0 spiro atoms. The zero-order chi connectivity index (χ0) is 64.2. The lowest BCUT2D eigenvalue weighted by atomic mass is 9.45. The minimum absolute atomic E-state index is 0.00530. The summed E-state index contributed by atoms with van der Waals surface area (Å²) in [4.78, 5) is 15.0. The quantitative estimate of drug-likeness (QED) is 0.0448. The molecule has 32 nitrogen and oxygen atoms in total. The van der Waals surface area contributed by atoms with Crippen molar-refractivity contribution < 1.29 is 159 Å². The second-order valence-electron chi connectivity index (χ2n) is 25.9. The second kappa shape index (κ2) is 28.9. The van der Waals surface area contributed by atoms with Gasteiger partial charge in [0.1, 0.15) is 140 Å². The van der Waals surface area contributed by atoms with Crippen LogP contribution in [0.5, 0.6) is 0 Å². The van der Waals surface area contributed by atoms with Crippen molar-refractivity contribution >= 4 is 5.97 Å². The Kier molecular flexibility index (Phi) is 23.1. The van der Waals surface area contributed by atoms with Crippen molar-refractivity contribution in [2.24, 2.45) is 34.5 Å². The summed E-state index contributed by atoms with van der Waals surface area (Å²) in [6.07, 6.45) is -49.4. The van der Waals surface area contributed by atoms with Gasteiger partial charge in [0.15, 0.2) is 31.3 Å². The van der Waals surface area contributed by atoms with E-state index in [4.69, 9.17) is 52.1 Å². The standard InChI is InChI=1S/C56H92O32/c1-19-11-21-6-8-30-55(2,9-4-10-56(30,3)54(77)88-53-48(41(72)35(66)28(17-61)84-53)87-52-45(76)40(71)34(65)27(16-60)83-52)22(21)7-5-20(19)12-23-46(85-50-43(74)38(69)32(63)25(14-58)81-50)47(86-51-44(75)39(70)33(64)26(15-59)82-51)36(67)29(79-23)18-78-49-42(73)37(68)31(62)24(13-57)80-49/h20-53,57-76H,1,4-18H2,2-3H3/t20?,21?,22-,23?,24?,25?,26?,27?,28?,29?,30?,31?,32?,33?,34?,35?,36?,37?,38?,39?,40?,41?,42?,43?,44?,45?,46?,47?,48?,49?,50?,51?,52?,53?,55+,56-/m1/s1. The van der Waals surface area contributed by atoms with Gasteiger partial charge in [-0.25, -0.2) is 0 Å². The van der Waals surface area contributed by atoms with Crippen LogP contribution in [-0.4, -0.2) is 332 Å². The lowest BCUT2D eigenvalue weighted by Gasteiger charge is -2.59. The van der Waals surface area contributed by atoms with E-state index in [1.807, 2.05) is 0 Å². The SMILES string of the molecule is C=C1CC2CCC3[C@](C)(C(=O)OC4OC(CO)C(O)C(O)C4OC4OC(CO)C(O)C(O)C4O)CCC[C@@]3(C)[C@@H]2CCC1CC1OC(COC2OC(CO)C(O)C(O)C2O)C(O)C(OC2OC(CO)C(O)C(O)C2O)C1OC1OC(CO)C(O)C(O)C1O. The maximum Gasteiger partial charge on any atom is 0.314 e. The molecule has 0 bridgehead atoms. The first kappa shape index (κ1) is 70.3. The zero-order valence-corrected chi connectivity index (χ0v) is 48.8. The van der Waals surface area contributed by atoms with Gasteiger partial charge in [0.05, 0.1) is 51.2 Å². The minimum Gasteiger partial charge on any atom is -0.432 e. The Morgan fingerprint density at radius 2 is 0.886 bits per heavy atom. The summed E-state index contributed by atoms with van der Waals surface area (Å²) >= 11 is 0. The Balaban J connectivity index is 0.986. The molecule has 0 amide bonds. The third kappa shape index (κ3) is 13.5. The van der Waals surface area contributed by atoms with Gasteiger partial charge in [-0.1, -0.05) is 25.5 Å². The average Bonchev–Trinajstić information content (AvgIpc) is 1.08. The Bertz CT molecular complexity index is 2270. The predicted octanol–water partition coefficient (Wildman–Crippen LogP) is -8.95. The first-order valence-corrected chi connectivity index (χ1v) is 30.3. The van der Waals surface area contributed by atoms with E-state index in [0.717, 1.165) is 5.57 Å². The van der Waals surface area contributed by atoms with Crippen molar-refractivity contribution in [1.82, 2.24) is 0 Å². The maximum atomic E-state index is 15.0. The number of esters is 1. The topological polar surface area (TPSA) is 523 Å². The molecule has 9 aliphatic rings. The Morgan fingerprint density at radius 3 is 1.38 bits per heavy atom. The largest absolute Gasteiger partial charge is 0.432 e. The highest BCUT2D eigenvalue weighted by Crippen LogP contribution is 2.64. The maximum absolute atomic E-state index is 15.0. The number of hydrogen-bond acceptors (Lipinski definition) is 32. The molecular weight excluding hydrogens is 1180 g/mol. The first-order chi connectivity index (χ1) is 41.7. The number of rotatable bonds is 18. The third-order valence-corrected chi connectivity index (χ3v) is 20.6. The minimum atomic E-state index is -2.06. The molecule has 3 saturated carbocycles. The summed E-state index contributed by atoms with van der Waals surface area (Å²) < 4.78 is 65.6. The third-order valence-electron chi connectivity index (χ3n) is 20.6. The number of aliphatic hydroxyl groups excluding tert-OH is 20. The molecule has 6 saturated heterocycles. The van der Waals surface area contributed by atoms with Gasteiger partial charge in [-0.05, 0) is 87.4 Å². The predicted molar refractivity (Wildman–Crippen MR) is 285 cm³/mol. The number of aliphatic hydroxyl groups is 20. The van der Waals surface area contributed by atoms with Gasteiger partial charge in [0.25, 0.3) is 0 Å². The molecular formula is C56H92O32. The van der Waals surface area contributed by atoms with Crippen LogP contribution in [0, 0.1) is 34.5 Å². The van der Waals surface area contributed by atoms with Gasteiger partial charge in [0, 0.05) is 0 Å². The molecule has 88 heavy (non-hydrogen) atoms. The molecule has 20 N–H and O–H groups in total. The van der Waals surface area contributed by atoms with Crippen LogP contribution in [-0.2, 0) is 56.9 Å². The van der Waals surface area contributed by atoms with Crippen LogP contribution in [0.1, 0.15) is 71.6 Å². The van der Waals surface area contributed by atoms with E-state index < -0.39 is 246 Å². The Hall–Kier alpha value is -1.99. The van der Waals surface area contributed by atoms with Crippen molar-refractivity contribution in [2.45, 2.75) is 256 Å². The fourth-order valence-corrected chi connectivity index (χ4v) is 15.4. The smallest absolute Gasteiger partial charge is 0.314 e. The molecule has 0 radical (unpaired) electrons. The summed E-state index contributed by atoms with van der Waals surface area (Å²) in [7, 11) is 0. The molecule has 0 aromatic heterocycles. The van der Waals surface area contributed by atoms with E-state index in [1.54, 1.807) is 6.92 Å². The lowest BCUT2D eigenvalue weighted by Crippen LogP contribution is -2.67. The van der Waals surface area contributed by atoms with Crippen molar-refractivity contribution in [1.29, 1.82) is 0 Å². The van der Waals surface area contributed by atoms with Crippen LogP contribution in [0.25, 0.3) is 0 Å². The van der Waals surface area contributed by atoms with Crippen LogP contribution >= 0.6 is 0 Å². The number of carbonyl (C=O) groups is 1. The monoisotopic (exact) mass is 1280 g/mol. The summed E-state index contributed by atoms with van der Waals surface area (Å²) in [6.45, 7) is 3.53. The first-order valence-electron chi connectivity index (χ1n) is 30.3. The van der Waals surface area contributed by atoms with Crippen molar-refractivity contribution in [3.05, 3.63) is 12.2 Å². The fourth-order valence-electron chi connectivity index (χ4n) is 15.4. The number of fused-ring (bicyclic) bond motifs is 3. The molecule has 6 aliphatic heterocycles. The lowest BCUT2D eigenvalue weighted by molar-refractivity contribution is -0.374. The summed E-state index contributed by atoms with van der Waals surface area (Å²) in [5, 5.41) is 214. The van der Waals surface area contributed by atoms with Crippen molar-refractivity contribution in [2.75, 3.05) is 39.6 Å². The summed E-state index contributed by atoms with van der Waals surface area (Å²) in [6, 6.07) is 0. The van der Waals surface area contributed by atoms with E-state index in [0.29, 0.717) is 51.4 Å². The molecule has 0 aromatic rings. The number of hydrogen-bond donors (Lipinski definition) is 20.